The smallest absolute Gasteiger partial charge is 0.128 e. The summed E-state index contributed by atoms with van der Waals surface area (Å²) >= 11 is 0. The molecule has 3 aromatic rings. The first-order valence-electron chi connectivity index (χ1n) is 15.9. The Balaban J connectivity index is 1.70. The van der Waals surface area contributed by atoms with Gasteiger partial charge in [0.2, 0.25) is 0 Å². The van der Waals surface area contributed by atoms with Gasteiger partial charge in [-0.1, -0.05) is 88.9 Å². The molecule has 214 valence electrons. The Kier molecular flexibility index (Phi) is 9.11. The van der Waals surface area contributed by atoms with Crippen LogP contribution in [0.4, 0.5) is 0 Å². The molecule has 0 aliphatic heterocycles. The fraction of sp³-hybridized carbons (Fsp3) is 0.526. The highest BCUT2D eigenvalue weighted by atomic mass is 31.1. The van der Waals surface area contributed by atoms with Gasteiger partial charge in [0.25, 0.3) is 0 Å². The van der Waals surface area contributed by atoms with E-state index in [1.165, 1.54) is 109 Å². The van der Waals surface area contributed by atoms with E-state index in [2.05, 4.69) is 97.0 Å². The van der Waals surface area contributed by atoms with Crippen LogP contribution in [0.15, 0.2) is 48.5 Å². The molecule has 0 amide bonds. The molecule has 2 aliphatic rings. The van der Waals surface area contributed by atoms with E-state index in [-0.39, 0.29) is 13.5 Å². The van der Waals surface area contributed by atoms with Gasteiger partial charge in [-0.2, -0.15) is 0 Å². The predicted molar refractivity (Wildman–Crippen MR) is 177 cm³/mol. The Bertz CT molecular complexity index is 1280. The minimum Gasteiger partial charge on any atom is -0.487 e. The van der Waals surface area contributed by atoms with Crippen LogP contribution < -0.4 is 10.0 Å². The Morgan fingerprint density at radius 2 is 1.18 bits per heavy atom. The second kappa shape index (κ2) is 12.4. The number of benzene rings is 3. The Labute approximate surface area is 245 Å². The van der Waals surface area contributed by atoms with Crippen molar-refractivity contribution in [2.24, 2.45) is 0 Å². The number of hydrogen-bond donors (Lipinski definition) is 0. The average Bonchev–Trinajstić information content (AvgIpc) is 2.92. The van der Waals surface area contributed by atoms with Crippen LogP contribution >= 0.6 is 7.92 Å². The standard InChI is InChI=1S/C38H51OP/c1-26-16-14-21-33(29(26)4)30-24-27(2)36(28(3)25-30)34-22-15-23-35(39-38(5,6)7)37(34)40(31-17-10-8-11-18-31)32-19-12-9-13-20-32/h14-16,21-25,31-32H,8-13,17-20H2,1-7H3. The molecule has 2 aliphatic carbocycles. The number of hydrogen-bond acceptors (Lipinski definition) is 1. The first kappa shape index (κ1) is 29.4. The Morgan fingerprint density at radius 3 is 1.73 bits per heavy atom. The van der Waals surface area contributed by atoms with Crippen LogP contribution in [-0.4, -0.2) is 16.9 Å². The molecule has 0 spiro atoms. The number of rotatable bonds is 6. The van der Waals surface area contributed by atoms with Crippen molar-refractivity contribution in [1.82, 2.24) is 0 Å². The van der Waals surface area contributed by atoms with Crippen LogP contribution in [0, 0.1) is 27.7 Å². The normalized spacial score (nSPS) is 17.4. The van der Waals surface area contributed by atoms with E-state index in [9.17, 15) is 0 Å². The van der Waals surface area contributed by atoms with Gasteiger partial charge in [-0.3, -0.25) is 0 Å². The zero-order chi connectivity index (χ0) is 28.4. The fourth-order valence-corrected chi connectivity index (χ4v) is 11.4. The van der Waals surface area contributed by atoms with Crippen molar-refractivity contribution in [3.05, 3.63) is 70.8 Å². The van der Waals surface area contributed by atoms with Crippen molar-refractivity contribution in [3.8, 4) is 28.0 Å². The molecule has 0 unspecified atom stereocenters. The molecule has 0 bridgehead atoms. The number of aryl methyl sites for hydroxylation is 3. The highest BCUT2D eigenvalue weighted by molar-refractivity contribution is 7.67. The van der Waals surface area contributed by atoms with Crippen LogP contribution in [0.5, 0.6) is 5.75 Å². The molecule has 0 N–H and O–H groups in total. The maximum absolute atomic E-state index is 6.88. The topological polar surface area (TPSA) is 9.23 Å². The lowest BCUT2D eigenvalue weighted by molar-refractivity contribution is 0.132. The van der Waals surface area contributed by atoms with Gasteiger partial charge in [0.05, 0.1) is 0 Å². The number of ether oxygens (including phenoxy) is 1. The van der Waals surface area contributed by atoms with E-state index in [1.54, 1.807) is 5.30 Å². The second-order valence-electron chi connectivity index (χ2n) is 13.6. The van der Waals surface area contributed by atoms with E-state index >= 15 is 0 Å². The summed E-state index contributed by atoms with van der Waals surface area (Å²) in [5, 5.41) is 1.58. The summed E-state index contributed by atoms with van der Waals surface area (Å²) in [6, 6.07) is 18.6. The molecule has 2 saturated carbocycles. The van der Waals surface area contributed by atoms with E-state index in [0.29, 0.717) is 0 Å². The lowest BCUT2D eigenvalue weighted by atomic mass is 9.89. The van der Waals surface area contributed by atoms with E-state index in [4.69, 9.17) is 4.74 Å². The molecule has 0 heterocycles. The molecule has 1 nitrogen and oxygen atoms in total. The van der Waals surface area contributed by atoms with E-state index in [0.717, 1.165) is 17.1 Å². The van der Waals surface area contributed by atoms with Crippen molar-refractivity contribution < 1.29 is 4.74 Å². The summed E-state index contributed by atoms with van der Waals surface area (Å²) in [6.45, 7) is 15.8. The largest absolute Gasteiger partial charge is 0.487 e. The molecule has 3 aromatic carbocycles. The molecular formula is C38H51OP. The SMILES string of the molecule is Cc1cccc(-c2cc(C)c(-c3cccc(OC(C)(C)C)c3P(C3CCCCC3)C3CCCCC3)c(C)c2)c1C. The molecule has 0 aromatic heterocycles. The monoisotopic (exact) mass is 554 g/mol. The maximum Gasteiger partial charge on any atom is 0.128 e. The lowest BCUT2D eigenvalue weighted by Gasteiger charge is -2.41. The van der Waals surface area contributed by atoms with Crippen molar-refractivity contribution in [2.75, 3.05) is 0 Å². The summed E-state index contributed by atoms with van der Waals surface area (Å²) < 4.78 is 6.88. The Hall–Kier alpha value is -2.11. The van der Waals surface area contributed by atoms with E-state index in [1.807, 2.05) is 0 Å². The van der Waals surface area contributed by atoms with Crippen molar-refractivity contribution in [1.29, 1.82) is 0 Å². The third kappa shape index (κ3) is 6.36. The van der Waals surface area contributed by atoms with Crippen LogP contribution in [0.25, 0.3) is 22.3 Å². The summed E-state index contributed by atoms with van der Waals surface area (Å²) in [4.78, 5) is 0. The molecule has 2 heteroatoms. The van der Waals surface area contributed by atoms with Gasteiger partial charge >= 0.3 is 0 Å². The zero-order valence-corrected chi connectivity index (χ0v) is 27.1. The minimum absolute atomic E-state index is 0.218. The van der Waals surface area contributed by atoms with Crippen LogP contribution in [-0.2, 0) is 0 Å². The molecule has 0 radical (unpaired) electrons. The van der Waals surface area contributed by atoms with Crippen LogP contribution in [0.3, 0.4) is 0 Å². The van der Waals surface area contributed by atoms with Crippen LogP contribution in [0.1, 0.15) is 107 Å². The maximum atomic E-state index is 6.88. The van der Waals surface area contributed by atoms with Gasteiger partial charge < -0.3 is 4.74 Å². The first-order chi connectivity index (χ1) is 19.1. The summed E-state index contributed by atoms with van der Waals surface area (Å²) in [5.41, 5.74) is 12.5. The zero-order valence-electron chi connectivity index (χ0n) is 26.2. The van der Waals surface area contributed by atoms with Crippen molar-refractivity contribution in [3.63, 3.8) is 0 Å². The minimum atomic E-state index is -0.321. The van der Waals surface area contributed by atoms with Gasteiger partial charge in [0.1, 0.15) is 11.4 Å². The lowest BCUT2D eigenvalue weighted by Crippen LogP contribution is -2.31. The molecule has 0 saturated heterocycles. The third-order valence-electron chi connectivity index (χ3n) is 9.33. The predicted octanol–water partition coefficient (Wildman–Crippen LogP) is 11.2. The van der Waals surface area contributed by atoms with Gasteiger partial charge in [-0.05, 0) is 136 Å². The molecule has 40 heavy (non-hydrogen) atoms. The second-order valence-corrected chi connectivity index (χ2v) is 16.3. The summed E-state index contributed by atoms with van der Waals surface area (Å²) in [7, 11) is -0.321. The Morgan fingerprint density at radius 1 is 0.650 bits per heavy atom. The van der Waals surface area contributed by atoms with Crippen LogP contribution in [0.2, 0.25) is 0 Å². The molecule has 0 atom stereocenters. The fourth-order valence-electron chi connectivity index (χ4n) is 7.39. The average molecular weight is 555 g/mol. The molecule has 2 fully saturated rings. The molecular weight excluding hydrogens is 503 g/mol. The summed E-state index contributed by atoms with van der Waals surface area (Å²) in [6.07, 6.45) is 14.0. The van der Waals surface area contributed by atoms with E-state index < -0.39 is 0 Å². The van der Waals surface area contributed by atoms with Gasteiger partial charge in [-0.15, -0.1) is 0 Å². The highest BCUT2D eigenvalue weighted by Gasteiger charge is 2.36. The summed E-state index contributed by atoms with van der Waals surface area (Å²) in [5.74, 6) is 1.16. The quantitative estimate of drug-likeness (QED) is 0.275. The molecule has 5 rings (SSSR count). The van der Waals surface area contributed by atoms with Gasteiger partial charge in [0.15, 0.2) is 0 Å². The third-order valence-corrected chi connectivity index (χ3v) is 12.9. The van der Waals surface area contributed by atoms with Crippen molar-refractivity contribution >= 4 is 13.2 Å². The van der Waals surface area contributed by atoms with Crippen molar-refractivity contribution in [2.45, 2.75) is 130 Å². The van der Waals surface area contributed by atoms with Gasteiger partial charge in [-0.25, -0.2) is 0 Å². The van der Waals surface area contributed by atoms with Gasteiger partial charge in [0, 0.05) is 5.30 Å². The highest BCUT2D eigenvalue weighted by Crippen LogP contribution is 2.58. The first-order valence-corrected chi connectivity index (χ1v) is 17.4.